The van der Waals surface area contributed by atoms with Gasteiger partial charge in [0.15, 0.2) is 0 Å². The number of carbonyl (C=O) groups excluding carboxylic acids is 1. The molecule has 1 N–H and O–H groups in total. The van der Waals surface area contributed by atoms with Gasteiger partial charge < -0.3 is 10.2 Å². The number of anilines is 2. The largest absolute Gasteiger partial charge is 0.338 e. The van der Waals surface area contributed by atoms with Crippen LogP contribution in [0.3, 0.4) is 0 Å². The van der Waals surface area contributed by atoms with Crippen LogP contribution in [0.25, 0.3) is 0 Å². The van der Waals surface area contributed by atoms with Crippen molar-refractivity contribution in [2.45, 2.75) is 11.3 Å². The smallest absolute Gasteiger partial charge is 0.335 e. The number of hydrogen-bond donors (Lipinski definition) is 1. The highest BCUT2D eigenvalue weighted by molar-refractivity contribution is 7.90. The van der Waals surface area contributed by atoms with Crippen molar-refractivity contribution in [3.8, 4) is 0 Å². The van der Waals surface area contributed by atoms with Gasteiger partial charge >= 0.3 is 6.03 Å². The number of hydrogen-bond acceptors (Lipinski definition) is 7. The van der Waals surface area contributed by atoms with Gasteiger partial charge in [0.1, 0.15) is 4.90 Å². The van der Waals surface area contributed by atoms with Crippen LogP contribution in [0.1, 0.15) is 6.42 Å². The van der Waals surface area contributed by atoms with Crippen LogP contribution in [-0.2, 0) is 10.0 Å². The molecular formula is C18H21ClN6O3S. The van der Waals surface area contributed by atoms with E-state index in [0.29, 0.717) is 18.0 Å². The second kappa shape index (κ2) is 8.13. The molecule has 0 saturated carbocycles. The van der Waals surface area contributed by atoms with Gasteiger partial charge in [0.05, 0.1) is 5.69 Å². The lowest BCUT2D eigenvalue weighted by Crippen LogP contribution is -2.48. The molecule has 4 rings (SSSR count). The first kappa shape index (κ1) is 19.9. The number of nitrogens with zero attached hydrogens (tertiary/aromatic N) is 5. The van der Waals surface area contributed by atoms with Gasteiger partial charge in [-0.25, -0.2) is 27.5 Å². The van der Waals surface area contributed by atoms with E-state index in [2.05, 4.69) is 25.1 Å². The van der Waals surface area contributed by atoms with Crippen LogP contribution in [0.2, 0.25) is 5.02 Å². The predicted molar refractivity (Wildman–Crippen MR) is 110 cm³/mol. The fraction of sp³-hybridized carbons (Fsp3) is 0.389. The number of piperazine rings is 1. The summed E-state index contributed by atoms with van der Waals surface area (Å²) >= 11 is 5.93. The quantitative estimate of drug-likeness (QED) is 0.763. The van der Waals surface area contributed by atoms with Crippen molar-refractivity contribution in [2.75, 3.05) is 49.5 Å². The molecule has 3 heterocycles. The Bertz CT molecular complexity index is 996. The first-order valence-corrected chi connectivity index (χ1v) is 11.1. The van der Waals surface area contributed by atoms with Gasteiger partial charge in [0.25, 0.3) is 10.0 Å². The lowest BCUT2D eigenvalue weighted by molar-refractivity contribution is 0.225. The van der Waals surface area contributed by atoms with Crippen LogP contribution >= 0.6 is 11.6 Å². The second-order valence-electron chi connectivity index (χ2n) is 6.88. The number of nitrogens with one attached hydrogen (secondary N) is 1. The molecule has 0 atom stereocenters. The summed E-state index contributed by atoms with van der Waals surface area (Å²) in [5, 5.41) is 2.93. The average molecular weight is 437 g/mol. The van der Waals surface area contributed by atoms with E-state index in [1.807, 2.05) is 0 Å². The number of carbonyl (C=O) groups is 1. The third kappa shape index (κ3) is 4.14. The van der Waals surface area contributed by atoms with Gasteiger partial charge in [0.2, 0.25) is 5.95 Å². The van der Waals surface area contributed by atoms with Crippen LogP contribution in [0.4, 0.5) is 16.4 Å². The summed E-state index contributed by atoms with van der Waals surface area (Å²) in [6, 6.07) is 5.57. The van der Waals surface area contributed by atoms with Crippen LogP contribution in [0.5, 0.6) is 0 Å². The van der Waals surface area contributed by atoms with Crippen molar-refractivity contribution in [1.82, 2.24) is 19.2 Å². The van der Waals surface area contributed by atoms with Crippen molar-refractivity contribution < 1.29 is 13.2 Å². The molecule has 29 heavy (non-hydrogen) atoms. The molecule has 11 heteroatoms. The normalized spacial score (nSPS) is 19.0. The molecule has 0 radical (unpaired) electrons. The minimum atomic E-state index is -3.91. The van der Waals surface area contributed by atoms with Crippen LogP contribution in [-0.4, -0.2) is 72.9 Å². The Morgan fingerprint density at radius 2 is 1.79 bits per heavy atom. The van der Waals surface area contributed by atoms with Gasteiger partial charge in [-0.15, -0.1) is 0 Å². The molecular weight excluding hydrogens is 416 g/mol. The Kier molecular flexibility index (Phi) is 5.57. The number of aromatic nitrogens is 2. The maximum absolute atomic E-state index is 12.8. The van der Waals surface area contributed by atoms with E-state index < -0.39 is 16.1 Å². The van der Waals surface area contributed by atoms with E-state index in [1.165, 1.54) is 12.1 Å². The minimum Gasteiger partial charge on any atom is -0.338 e. The summed E-state index contributed by atoms with van der Waals surface area (Å²) in [6.07, 6.45) is 4.00. The number of fused-ring (bicyclic) bond motifs is 1. The molecule has 2 aliphatic heterocycles. The van der Waals surface area contributed by atoms with Gasteiger partial charge in [-0.3, -0.25) is 4.90 Å². The van der Waals surface area contributed by atoms with Crippen LogP contribution in [0, 0.1) is 0 Å². The third-order valence-corrected chi connectivity index (χ3v) is 7.08. The van der Waals surface area contributed by atoms with Crippen molar-refractivity contribution in [3.05, 3.63) is 41.7 Å². The highest BCUT2D eigenvalue weighted by atomic mass is 35.5. The number of amides is 2. The van der Waals surface area contributed by atoms with Gasteiger partial charge in [-0.1, -0.05) is 11.6 Å². The van der Waals surface area contributed by atoms with Crippen LogP contribution < -0.4 is 10.2 Å². The molecule has 2 aromatic rings. The number of sulfonamides is 1. The lowest BCUT2D eigenvalue weighted by Gasteiger charge is -2.35. The van der Waals surface area contributed by atoms with E-state index in [0.717, 1.165) is 36.4 Å². The van der Waals surface area contributed by atoms with E-state index in [9.17, 15) is 13.2 Å². The molecule has 1 aromatic heterocycles. The molecule has 0 bridgehead atoms. The fourth-order valence-corrected chi connectivity index (χ4v) is 5.28. The molecule has 154 valence electrons. The maximum atomic E-state index is 12.8. The van der Waals surface area contributed by atoms with E-state index in [1.54, 1.807) is 24.5 Å². The molecule has 0 aliphatic carbocycles. The zero-order valence-corrected chi connectivity index (χ0v) is 17.2. The standard InChI is InChI=1S/C18H21ClN6O3S/c19-14-3-4-15-16(13-14)29(27,28)25(18(26)22-15)8-2-7-23-9-11-24(12-10-23)17-20-5-1-6-21-17/h1,3-6,13H,2,7-12H2,(H,22,26). The molecule has 1 saturated heterocycles. The van der Waals surface area contributed by atoms with Crippen LogP contribution in [0.15, 0.2) is 41.6 Å². The van der Waals surface area contributed by atoms with Gasteiger partial charge in [-0.2, -0.15) is 0 Å². The Labute approximate surface area is 174 Å². The molecule has 9 nitrogen and oxygen atoms in total. The first-order valence-electron chi connectivity index (χ1n) is 9.33. The Balaban J connectivity index is 1.32. The molecule has 2 amide bonds. The van der Waals surface area contributed by atoms with Crippen molar-refractivity contribution in [1.29, 1.82) is 0 Å². The van der Waals surface area contributed by atoms with E-state index in [4.69, 9.17) is 11.6 Å². The topological polar surface area (TPSA) is 98.7 Å². The van der Waals surface area contributed by atoms with Crippen molar-refractivity contribution >= 4 is 39.3 Å². The number of urea groups is 1. The molecule has 0 spiro atoms. The Morgan fingerprint density at radius 3 is 2.52 bits per heavy atom. The van der Waals surface area contributed by atoms with E-state index >= 15 is 0 Å². The first-order chi connectivity index (χ1) is 13.9. The summed E-state index contributed by atoms with van der Waals surface area (Å²) in [5.41, 5.74) is 0.259. The zero-order chi connectivity index (χ0) is 20.4. The summed E-state index contributed by atoms with van der Waals surface area (Å²) in [7, 11) is -3.91. The number of halogens is 1. The molecule has 0 unspecified atom stereocenters. The molecule has 1 fully saturated rings. The Morgan fingerprint density at radius 1 is 1.07 bits per heavy atom. The predicted octanol–water partition coefficient (Wildman–Crippen LogP) is 1.88. The summed E-state index contributed by atoms with van der Waals surface area (Å²) in [6.45, 7) is 4.08. The molecule has 1 aromatic carbocycles. The fourth-order valence-electron chi connectivity index (χ4n) is 3.50. The summed E-state index contributed by atoms with van der Waals surface area (Å²) < 4.78 is 26.5. The highest BCUT2D eigenvalue weighted by Gasteiger charge is 2.36. The van der Waals surface area contributed by atoms with Crippen molar-refractivity contribution in [3.63, 3.8) is 0 Å². The van der Waals surface area contributed by atoms with Gasteiger partial charge in [-0.05, 0) is 30.7 Å². The minimum absolute atomic E-state index is 0.0288. The highest BCUT2D eigenvalue weighted by Crippen LogP contribution is 2.32. The Hall–Kier alpha value is -2.43. The number of rotatable bonds is 5. The maximum Gasteiger partial charge on any atom is 0.335 e. The second-order valence-corrected chi connectivity index (χ2v) is 9.15. The summed E-state index contributed by atoms with van der Waals surface area (Å²) in [4.78, 5) is 25.2. The zero-order valence-electron chi connectivity index (χ0n) is 15.7. The monoisotopic (exact) mass is 436 g/mol. The third-order valence-electron chi connectivity index (χ3n) is 5.02. The average Bonchev–Trinajstić information content (AvgIpc) is 2.72. The van der Waals surface area contributed by atoms with E-state index in [-0.39, 0.29) is 17.1 Å². The molecule has 2 aliphatic rings. The van der Waals surface area contributed by atoms with Crippen molar-refractivity contribution in [2.24, 2.45) is 0 Å². The van der Waals surface area contributed by atoms with Gasteiger partial charge in [0, 0.05) is 56.7 Å². The SMILES string of the molecule is O=C1Nc2ccc(Cl)cc2S(=O)(=O)N1CCCN1CCN(c2ncccn2)CC1. The summed E-state index contributed by atoms with van der Waals surface area (Å²) in [5.74, 6) is 0.723. The number of benzene rings is 1. The lowest BCUT2D eigenvalue weighted by atomic mass is 10.3.